The van der Waals surface area contributed by atoms with Crippen molar-refractivity contribution in [2.75, 3.05) is 20.1 Å². The molecular weight excluding hydrogens is 449 g/mol. The van der Waals surface area contributed by atoms with Crippen LogP contribution in [0.3, 0.4) is 0 Å². The summed E-state index contributed by atoms with van der Waals surface area (Å²) in [5.41, 5.74) is 3.60. The maximum absolute atomic E-state index is 4.61. The Morgan fingerprint density at radius 1 is 1.00 bits per heavy atom. The Morgan fingerprint density at radius 3 is 2.48 bits per heavy atom. The molecule has 0 saturated heterocycles. The van der Waals surface area contributed by atoms with Crippen LogP contribution in [0.1, 0.15) is 17.8 Å². The van der Waals surface area contributed by atoms with Gasteiger partial charge in [-0.1, -0.05) is 42.5 Å². The largest absolute Gasteiger partial charge is 0.356 e. The number of rotatable bonds is 7. The van der Waals surface area contributed by atoms with Crippen LogP contribution < -0.4 is 10.6 Å². The maximum Gasteiger partial charge on any atom is 0.191 e. The molecule has 0 fully saturated rings. The van der Waals surface area contributed by atoms with E-state index in [9.17, 15) is 0 Å². The van der Waals surface area contributed by atoms with Gasteiger partial charge in [0.25, 0.3) is 0 Å². The fraction of sp³-hybridized carbons (Fsp3) is 0.333. The van der Waals surface area contributed by atoms with Crippen LogP contribution in [-0.4, -0.2) is 35.6 Å². The van der Waals surface area contributed by atoms with Gasteiger partial charge in [0, 0.05) is 26.7 Å². The second-order valence-electron chi connectivity index (χ2n) is 6.31. The minimum atomic E-state index is 0. The summed E-state index contributed by atoms with van der Waals surface area (Å²) < 4.78 is 2.24. The highest BCUT2D eigenvalue weighted by molar-refractivity contribution is 14.0. The second-order valence-corrected chi connectivity index (χ2v) is 6.31. The standard InChI is InChI=1S/C21H27N5.HI/c1-17-25-19-12-6-7-13-20(19)26(17)16-15-24-21(22-2)23-14-8-11-18-9-4-3-5-10-18;/h3-7,9-10,12-13H,8,11,14-16H2,1-2H3,(H2,22,23,24);1H. The number of fused-ring (bicyclic) bond motifs is 1. The predicted molar refractivity (Wildman–Crippen MR) is 124 cm³/mol. The molecule has 1 heterocycles. The van der Waals surface area contributed by atoms with Crippen LogP contribution in [0.5, 0.6) is 0 Å². The number of para-hydroxylation sites is 2. The molecule has 6 heteroatoms. The van der Waals surface area contributed by atoms with Crippen LogP contribution in [0.15, 0.2) is 59.6 Å². The van der Waals surface area contributed by atoms with Crippen molar-refractivity contribution in [3.63, 3.8) is 0 Å². The van der Waals surface area contributed by atoms with Gasteiger partial charge in [0.2, 0.25) is 0 Å². The van der Waals surface area contributed by atoms with E-state index in [0.717, 1.165) is 49.8 Å². The van der Waals surface area contributed by atoms with Gasteiger partial charge in [0.05, 0.1) is 11.0 Å². The van der Waals surface area contributed by atoms with Crippen molar-refractivity contribution in [3.8, 4) is 0 Å². The lowest BCUT2D eigenvalue weighted by atomic mass is 10.1. The lowest BCUT2D eigenvalue weighted by Crippen LogP contribution is -2.39. The number of halogens is 1. The summed E-state index contributed by atoms with van der Waals surface area (Å²) in [7, 11) is 1.81. The van der Waals surface area contributed by atoms with Crippen LogP contribution in [0, 0.1) is 6.92 Å². The third-order valence-corrected chi connectivity index (χ3v) is 4.47. The molecule has 0 amide bonds. The molecule has 2 N–H and O–H groups in total. The molecule has 0 spiro atoms. The number of nitrogens with zero attached hydrogens (tertiary/aromatic N) is 3. The molecular formula is C21H28IN5. The van der Waals surface area contributed by atoms with Crippen LogP contribution in [-0.2, 0) is 13.0 Å². The van der Waals surface area contributed by atoms with Crippen molar-refractivity contribution in [3.05, 3.63) is 66.0 Å². The van der Waals surface area contributed by atoms with E-state index >= 15 is 0 Å². The van der Waals surface area contributed by atoms with E-state index in [2.05, 4.69) is 80.6 Å². The van der Waals surface area contributed by atoms with Crippen LogP contribution in [0.4, 0.5) is 0 Å². The Kier molecular flexibility index (Phi) is 8.57. The van der Waals surface area contributed by atoms with Crippen molar-refractivity contribution in [1.82, 2.24) is 20.2 Å². The van der Waals surface area contributed by atoms with E-state index in [1.807, 2.05) is 13.1 Å². The summed E-state index contributed by atoms with van der Waals surface area (Å²) in [5.74, 6) is 1.89. The Balaban J connectivity index is 0.00000261. The summed E-state index contributed by atoms with van der Waals surface area (Å²) in [6.45, 7) is 4.62. The molecule has 3 aromatic rings. The van der Waals surface area contributed by atoms with E-state index in [-0.39, 0.29) is 24.0 Å². The molecule has 3 rings (SSSR count). The highest BCUT2D eigenvalue weighted by Crippen LogP contribution is 2.14. The van der Waals surface area contributed by atoms with Crippen LogP contribution >= 0.6 is 24.0 Å². The fourth-order valence-electron chi connectivity index (χ4n) is 3.13. The molecule has 0 radical (unpaired) electrons. The molecule has 0 bridgehead atoms. The maximum atomic E-state index is 4.61. The smallest absolute Gasteiger partial charge is 0.191 e. The third-order valence-electron chi connectivity index (χ3n) is 4.47. The number of nitrogens with one attached hydrogen (secondary N) is 2. The molecule has 2 aromatic carbocycles. The van der Waals surface area contributed by atoms with Gasteiger partial charge in [-0.15, -0.1) is 24.0 Å². The predicted octanol–water partition coefficient (Wildman–Crippen LogP) is 3.76. The lowest BCUT2D eigenvalue weighted by molar-refractivity contribution is 0.656. The van der Waals surface area contributed by atoms with Crippen molar-refractivity contribution in [1.29, 1.82) is 0 Å². The van der Waals surface area contributed by atoms with E-state index in [1.165, 1.54) is 11.1 Å². The first-order valence-corrected chi connectivity index (χ1v) is 9.18. The van der Waals surface area contributed by atoms with Gasteiger partial charge in [-0.2, -0.15) is 0 Å². The molecule has 0 atom stereocenters. The van der Waals surface area contributed by atoms with Gasteiger partial charge >= 0.3 is 0 Å². The summed E-state index contributed by atoms with van der Waals surface area (Å²) in [5, 5.41) is 6.77. The Morgan fingerprint density at radius 2 is 1.70 bits per heavy atom. The zero-order valence-electron chi connectivity index (χ0n) is 16.0. The Labute approximate surface area is 178 Å². The summed E-state index contributed by atoms with van der Waals surface area (Å²) >= 11 is 0. The summed E-state index contributed by atoms with van der Waals surface area (Å²) in [6.07, 6.45) is 2.15. The normalized spacial score (nSPS) is 11.3. The molecule has 5 nitrogen and oxygen atoms in total. The molecule has 0 aliphatic rings. The number of aliphatic imine (C=N–C) groups is 1. The minimum Gasteiger partial charge on any atom is -0.356 e. The topological polar surface area (TPSA) is 54.2 Å². The van der Waals surface area contributed by atoms with Gasteiger partial charge in [0.1, 0.15) is 5.82 Å². The van der Waals surface area contributed by atoms with E-state index in [1.54, 1.807) is 0 Å². The Bertz CT molecular complexity index is 857. The van der Waals surface area contributed by atoms with Gasteiger partial charge in [-0.3, -0.25) is 4.99 Å². The molecule has 0 saturated carbocycles. The van der Waals surface area contributed by atoms with Crippen molar-refractivity contribution < 1.29 is 0 Å². The average Bonchev–Trinajstić information content (AvgIpc) is 3.00. The van der Waals surface area contributed by atoms with E-state index in [4.69, 9.17) is 0 Å². The minimum absolute atomic E-state index is 0. The van der Waals surface area contributed by atoms with Gasteiger partial charge in [-0.05, 0) is 37.5 Å². The first-order valence-electron chi connectivity index (χ1n) is 9.18. The number of hydrogen-bond donors (Lipinski definition) is 2. The molecule has 0 aliphatic carbocycles. The van der Waals surface area contributed by atoms with Crippen LogP contribution in [0.25, 0.3) is 11.0 Å². The highest BCUT2D eigenvalue weighted by atomic mass is 127. The number of imidazole rings is 1. The number of aryl methyl sites for hydroxylation is 2. The average molecular weight is 477 g/mol. The molecule has 1 aromatic heterocycles. The van der Waals surface area contributed by atoms with Crippen LogP contribution in [0.2, 0.25) is 0 Å². The van der Waals surface area contributed by atoms with Gasteiger partial charge < -0.3 is 15.2 Å². The van der Waals surface area contributed by atoms with E-state index < -0.39 is 0 Å². The number of aromatic nitrogens is 2. The zero-order valence-corrected chi connectivity index (χ0v) is 18.3. The number of benzene rings is 2. The zero-order chi connectivity index (χ0) is 18.2. The quantitative estimate of drug-likeness (QED) is 0.236. The van der Waals surface area contributed by atoms with Crippen molar-refractivity contribution in [2.24, 2.45) is 4.99 Å². The number of guanidine groups is 1. The number of hydrogen-bond acceptors (Lipinski definition) is 2. The third kappa shape index (κ3) is 5.95. The fourth-order valence-corrected chi connectivity index (χ4v) is 3.13. The Hall–Kier alpha value is -2.09. The molecule has 0 unspecified atom stereocenters. The highest BCUT2D eigenvalue weighted by Gasteiger charge is 2.06. The van der Waals surface area contributed by atoms with Crippen molar-refractivity contribution in [2.45, 2.75) is 26.3 Å². The van der Waals surface area contributed by atoms with E-state index in [0.29, 0.717) is 0 Å². The van der Waals surface area contributed by atoms with Gasteiger partial charge in [0.15, 0.2) is 5.96 Å². The van der Waals surface area contributed by atoms with Crippen molar-refractivity contribution >= 4 is 41.0 Å². The first kappa shape index (κ1) is 21.2. The monoisotopic (exact) mass is 477 g/mol. The summed E-state index contributed by atoms with van der Waals surface area (Å²) in [6, 6.07) is 18.8. The summed E-state index contributed by atoms with van der Waals surface area (Å²) in [4.78, 5) is 8.92. The first-order chi connectivity index (χ1) is 12.8. The lowest BCUT2D eigenvalue weighted by Gasteiger charge is -2.13. The van der Waals surface area contributed by atoms with Gasteiger partial charge in [-0.25, -0.2) is 4.98 Å². The SMILES string of the molecule is CN=C(NCCCc1ccccc1)NCCn1c(C)nc2ccccc21.I. The molecule has 27 heavy (non-hydrogen) atoms. The molecule has 144 valence electrons. The second kappa shape index (κ2) is 10.9. The molecule has 0 aliphatic heterocycles.